The Morgan fingerprint density at radius 3 is 2.79 bits per heavy atom. The van der Waals surface area contributed by atoms with E-state index in [1.807, 2.05) is 0 Å². The van der Waals surface area contributed by atoms with Crippen LogP contribution in [0.15, 0.2) is 12.1 Å². The minimum absolute atomic E-state index is 0.0384. The number of nitrogen functional groups attached to an aromatic ring is 1. The molecule has 2 N–H and O–H groups in total. The maximum atomic E-state index is 14.3. The molecular weight excluding hydrogens is 273 g/mol. The fraction of sp³-hybridized carbons (Fsp3) is 0.250. The molecule has 0 atom stereocenters. The second kappa shape index (κ2) is 4.31. The lowest BCUT2D eigenvalue weighted by molar-refractivity contribution is 0.171. The van der Waals surface area contributed by atoms with E-state index in [2.05, 4.69) is 5.10 Å². The number of anilines is 1. The highest BCUT2D eigenvalue weighted by Gasteiger charge is 2.25. The van der Waals surface area contributed by atoms with Crippen LogP contribution in [0.5, 0.6) is 11.5 Å². The lowest BCUT2D eigenvalue weighted by Crippen LogP contribution is -2.16. The van der Waals surface area contributed by atoms with Crippen LogP contribution in [0.1, 0.15) is 0 Å². The quantitative estimate of drug-likeness (QED) is 0.872. The van der Waals surface area contributed by atoms with Crippen LogP contribution in [0.2, 0.25) is 5.02 Å². The zero-order chi connectivity index (χ0) is 13.6. The van der Waals surface area contributed by atoms with Crippen molar-refractivity contribution in [1.29, 1.82) is 0 Å². The topological polar surface area (TPSA) is 62.3 Å². The first-order valence-electron chi connectivity index (χ1n) is 5.65. The molecule has 0 bridgehead atoms. The van der Waals surface area contributed by atoms with Crippen molar-refractivity contribution in [2.75, 3.05) is 18.9 Å². The van der Waals surface area contributed by atoms with Crippen molar-refractivity contribution < 1.29 is 13.9 Å². The number of aromatic nitrogens is 2. The van der Waals surface area contributed by atoms with Gasteiger partial charge in [0.1, 0.15) is 24.7 Å². The minimum atomic E-state index is -0.594. The fourth-order valence-electron chi connectivity index (χ4n) is 1.96. The van der Waals surface area contributed by atoms with Gasteiger partial charge in [0, 0.05) is 19.2 Å². The predicted molar refractivity (Wildman–Crippen MR) is 69.0 cm³/mol. The van der Waals surface area contributed by atoms with Crippen molar-refractivity contribution in [1.82, 2.24) is 9.78 Å². The van der Waals surface area contributed by atoms with Crippen LogP contribution < -0.4 is 15.2 Å². The summed E-state index contributed by atoms with van der Waals surface area (Å²) in [4.78, 5) is 0. The maximum absolute atomic E-state index is 14.3. The number of halogens is 2. The molecule has 0 radical (unpaired) electrons. The Hall–Kier alpha value is -1.95. The van der Waals surface area contributed by atoms with E-state index in [1.165, 1.54) is 10.7 Å². The van der Waals surface area contributed by atoms with Crippen molar-refractivity contribution in [3.63, 3.8) is 0 Å². The first-order chi connectivity index (χ1) is 9.08. The highest BCUT2D eigenvalue weighted by atomic mass is 35.5. The van der Waals surface area contributed by atoms with Crippen LogP contribution in [0, 0.1) is 5.82 Å². The van der Waals surface area contributed by atoms with Crippen LogP contribution in [-0.2, 0) is 7.05 Å². The molecule has 0 amide bonds. The zero-order valence-corrected chi connectivity index (χ0v) is 10.9. The van der Waals surface area contributed by atoms with E-state index in [4.69, 9.17) is 26.8 Å². The molecule has 19 heavy (non-hydrogen) atoms. The predicted octanol–water partition coefficient (Wildman–Crippen LogP) is 2.23. The zero-order valence-electron chi connectivity index (χ0n) is 10.1. The molecule has 0 aliphatic carbocycles. The van der Waals surface area contributed by atoms with Gasteiger partial charge in [0.2, 0.25) is 0 Å². The Labute approximate surface area is 113 Å². The van der Waals surface area contributed by atoms with Crippen LogP contribution >= 0.6 is 11.6 Å². The molecule has 1 aliphatic rings. The molecule has 2 heterocycles. The molecule has 1 aliphatic heterocycles. The summed E-state index contributed by atoms with van der Waals surface area (Å²) in [7, 11) is 1.67. The number of benzene rings is 1. The molecule has 2 aromatic rings. The number of fused-ring (bicyclic) bond motifs is 1. The van der Waals surface area contributed by atoms with E-state index in [-0.39, 0.29) is 10.6 Å². The van der Waals surface area contributed by atoms with E-state index < -0.39 is 5.82 Å². The van der Waals surface area contributed by atoms with Gasteiger partial charge in [-0.15, -0.1) is 0 Å². The Kier molecular flexibility index (Phi) is 2.74. The first-order valence-corrected chi connectivity index (χ1v) is 6.03. The fourth-order valence-corrected chi connectivity index (χ4v) is 2.16. The number of hydrogen-bond donors (Lipinski definition) is 1. The largest absolute Gasteiger partial charge is 0.486 e. The third-order valence-electron chi connectivity index (χ3n) is 2.90. The average molecular weight is 284 g/mol. The molecule has 0 spiro atoms. The maximum Gasteiger partial charge on any atom is 0.173 e. The van der Waals surface area contributed by atoms with Crippen molar-refractivity contribution in [3.05, 3.63) is 23.0 Å². The average Bonchev–Trinajstić information content (AvgIpc) is 2.71. The van der Waals surface area contributed by atoms with Crippen LogP contribution in [0.25, 0.3) is 11.3 Å². The number of nitrogens with zero attached hydrogens (tertiary/aromatic N) is 2. The summed E-state index contributed by atoms with van der Waals surface area (Å²) in [5.74, 6) is 0.548. The Bertz CT molecular complexity index is 637. The van der Waals surface area contributed by atoms with Gasteiger partial charge in [-0.25, -0.2) is 4.39 Å². The van der Waals surface area contributed by atoms with Crippen molar-refractivity contribution in [2.45, 2.75) is 0 Å². The molecule has 7 heteroatoms. The molecule has 100 valence electrons. The summed E-state index contributed by atoms with van der Waals surface area (Å²) >= 11 is 5.87. The smallest absolute Gasteiger partial charge is 0.173 e. The van der Waals surface area contributed by atoms with Gasteiger partial charge in [0.15, 0.2) is 17.3 Å². The molecule has 0 saturated carbocycles. The van der Waals surface area contributed by atoms with E-state index in [0.717, 1.165) is 0 Å². The van der Waals surface area contributed by atoms with Crippen LogP contribution in [-0.4, -0.2) is 23.0 Å². The number of hydrogen-bond acceptors (Lipinski definition) is 4. The van der Waals surface area contributed by atoms with E-state index >= 15 is 0 Å². The van der Waals surface area contributed by atoms with E-state index in [9.17, 15) is 4.39 Å². The summed E-state index contributed by atoms with van der Waals surface area (Å²) in [6, 6.07) is 2.97. The summed E-state index contributed by atoms with van der Waals surface area (Å²) in [6.07, 6.45) is 0. The van der Waals surface area contributed by atoms with Gasteiger partial charge >= 0.3 is 0 Å². The second-order valence-electron chi connectivity index (χ2n) is 4.15. The summed E-state index contributed by atoms with van der Waals surface area (Å²) in [6.45, 7) is 0.752. The lowest BCUT2D eigenvalue weighted by Gasteiger charge is -2.21. The SMILES string of the molecule is Cn1nc(-c2c(F)c(Cl)cc3c2OCCO3)cc1N. The molecule has 5 nitrogen and oxygen atoms in total. The summed E-state index contributed by atoms with van der Waals surface area (Å²) in [5.41, 5.74) is 6.25. The molecule has 3 rings (SSSR count). The van der Waals surface area contributed by atoms with Crippen molar-refractivity contribution in [2.24, 2.45) is 7.05 Å². The number of aryl methyl sites for hydroxylation is 1. The normalized spacial score (nSPS) is 13.6. The lowest BCUT2D eigenvalue weighted by atomic mass is 10.1. The standard InChI is InChI=1S/C12H11ClFN3O2/c1-17-9(15)5-7(16-17)10-11(14)6(13)4-8-12(10)19-3-2-18-8/h4-5H,2-3,15H2,1H3. The van der Waals surface area contributed by atoms with Crippen LogP contribution in [0.4, 0.5) is 10.2 Å². The highest BCUT2D eigenvalue weighted by molar-refractivity contribution is 6.31. The highest BCUT2D eigenvalue weighted by Crippen LogP contribution is 2.44. The van der Waals surface area contributed by atoms with Gasteiger partial charge in [-0.05, 0) is 0 Å². The monoisotopic (exact) mass is 283 g/mol. The molecule has 0 saturated heterocycles. The Morgan fingerprint density at radius 1 is 1.37 bits per heavy atom. The van der Waals surface area contributed by atoms with Crippen molar-refractivity contribution in [3.8, 4) is 22.8 Å². The second-order valence-corrected chi connectivity index (χ2v) is 4.56. The number of rotatable bonds is 1. The third kappa shape index (κ3) is 1.88. The Balaban J connectivity index is 2.26. The summed E-state index contributed by atoms with van der Waals surface area (Å²) < 4.78 is 26.6. The van der Waals surface area contributed by atoms with Crippen molar-refractivity contribution >= 4 is 17.4 Å². The van der Waals surface area contributed by atoms with Gasteiger partial charge in [-0.3, -0.25) is 4.68 Å². The molecule has 1 aromatic carbocycles. The van der Waals surface area contributed by atoms with Gasteiger partial charge in [-0.1, -0.05) is 11.6 Å². The first kappa shape index (κ1) is 12.1. The summed E-state index contributed by atoms with van der Waals surface area (Å²) in [5, 5.41) is 4.11. The van der Waals surface area contributed by atoms with Gasteiger partial charge in [-0.2, -0.15) is 5.10 Å². The van der Waals surface area contributed by atoms with Crippen LogP contribution in [0.3, 0.4) is 0 Å². The molecule has 0 fully saturated rings. The molecule has 0 unspecified atom stereocenters. The molecular formula is C12H11ClFN3O2. The van der Waals surface area contributed by atoms with E-state index in [0.29, 0.717) is 36.2 Å². The number of ether oxygens (including phenoxy) is 2. The third-order valence-corrected chi connectivity index (χ3v) is 3.17. The number of nitrogens with two attached hydrogens (primary N) is 1. The van der Waals surface area contributed by atoms with Gasteiger partial charge in [0.25, 0.3) is 0 Å². The minimum Gasteiger partial charge on any atom is -0.486 e. The molecule has 1 aromatic heterocycles. The van der Waals surface area contributed by atoms with E-state index in [1.54, 1.807) is 13.1 Å². The van der Waals surface area contributed by atoms with Gasteiger partial charge in [0.05, 0.1) is 10.6 Å². The Morgan fingerprint density at radius 2 is 2.11 bits per heavy atom. The van der Waals surface area contributed by atoms with Gasteiger partial charge < -0.3 is 15.2 Å².